The zero-order chi connectivity index (χ0) is 21.3. The SMILES string of the molecule is CC(=O)c1ncc(Cn2ncc(NC(=O)c3nc(C)oc3-c3cccc(C)c3)n2)o1. The standard InChI is InChI=1S/C20H18N6O4/c1-11-5-4-6-14(7-11)18-17(23-13(3)29-18)19(28)24-16-9-22-26(25-16)10-15-8-21-20(30-15)12(2)27/h4-9H,10H2,1-3H3,(H,24,25,28). The Bertz CT molecular complexity index is 1240. The fourth-order valence-corrected chi connectivity index (χ4v) is 2.85. The Kier molecular flexibility index (Phi) is 4.97. The second-order valence-electron chi connectivity index (χ2n) is 6.68. The highest BCUT2D eigenvalue weighted by Gasteiger charge is 2.21. The van der Waals surface area contributed by atoms with Crippen LogP contribution in [0.1, 0.15) is 45.3 Å². The van der Waals surface area contributed by atoms with Crippen LogP contribution in [0.15, 0.2) is 45.5 Å². The molecule has 0 fully saturated rings. The molecule has 3 aromatic heterocycles. The summed E-state index contributed by atoms with van der Waals surface area (Å²) in [5.74, 6) is 0.718. The molecule has 0 aliphatic rings. The van der Waals surface area contributed by atoms with E-state index in [2.05, 4.69) is 25.5 Å². The van der Waals surface area contributed by atoms with Crippen molar-refractivity contribution < 1.29 is 18.4 Å². The molecule has 1 aromatic carbocycles. The zero-order valence-corrected chi connectivity index (χ0v) is 16.5. The van der Waals surface area contributed by atoms with Gasteiger partial charge in [0.1, 0.15) is 12.3 Å². The highest BCUT2D eigenvalue weighted by Crippen LogP contribution is 2.26. The van der Waals surface area contributed by atoms with Crippen LogP contribution in [0.5, 0.6) is 0 Å². The smallest absolute Gasteiger partial charge is 0.279 e. The van der Waals surface area contributed by atoms with Crippen LogP contribution in [0.25, 0.3) is 11.3 Å². The van der Waals surface area contributed by atoms with Gasteiger partial charge in [0.25, 0.3) is 11.8 Å². The summed E-state index contributed by atoms with van der Waals surface area (Å²) in [5, 5.41) is 10.9. The molecule has 0 saturated heterocycles. The predicted octanol–water partition coefficient (Wildman–Crippen LogP) is 3.04. The molecule has 0 spiro atoms. The Hall–Kier alpha value is -4.08. The van der Waals surface area contributed by atoms with Gasteiger partial charge in [-0.25, -0.2) is 9.97 Å². The number of carbonyl (C=O) groups is 2. The van der Waals surface area contributed by atoms with Gasteiger partial charge in [-0.2, -0.15) is 9.90 Å². The molecule has 1 N–H and O–H groups in total. The highest BCUT2D eigenvalue weighted by molar-refractivity contribution is 6.05. The van der Waals surface area contributed by atoms with Gasteiger partial charge in [-0.05, 0) is 13.0 Å². The van der Waals surface area contributed by atoms with Gasteiger partial charge in [0.15, 0.2) is 23.2 Å². The molecule has 0 saturated carbocycles. The molecule has 30 heavy (non-hydrogen) atoms. The summed E-state index contributed by atoms with van der Waals surface area (Å²) in [4.78, 5) is 33.5. The monoisotopic (exact) mass is 406 g/mol. The number of hydrogen-bond acceptors (Lipinski definition) is 8. The zero-order valence-electron chi connectivity index (χ0n) is 16.5. The van der Waals surface area contributed by atoms with E-state index in [0.717, 1.165) is 11.1 Å². The molecule has 1 amide bonds. The maximum atomic E-state index is 12.8. The maximum Gasteiger partial charge on any atom is 0.279 e. The lowest BCUT2D eigenvalue weighted by Crippen LogP contribution is -2.14. The maximum absolute atomic E-state index is 12.8. The number of rotatable bonds is 6. The topological polar surface area (TPSA) is 129 Å². The van der Waals surface area contributed by atoms with Gasteiger partial charge >= 0.3 is 0 Å². The van der Waals surface area contributed by atoms with Gasteiger partial charge in [-0.1, -0.05) is 23.8 Å². The van der Waals surface area contributed by atoms with Crippen molar-refractivity contribution >= 4 is 17.5 Å². The van der Waals surface area contributed by atoms with Crippen molar-refractivity contribution in [1.82, 2.24) is 25.0 Å². The summed E-state index contributed by atoms with van der Waals surface area (Å²) in [7, 11) is 0. The van der Waals surface area contributed by atoms with E-state index >= 15 is 0 Å². The Balaban J connectivity index is 1.50. The second-order valence-corrected chi connectivity index (χ2v) is 6.68. The lowest BCUT2D eigenvalue weighted by molar-refractivity contribution is 0.0977. The Morgan fingerprint density at radius 1 is 1.17 bits per heavy atom. The Morgan fingerprint density at radius 3 is 2.73 bits per heavy atom. The van der Waals surface area contributed by atoms with E-state index in [1.165, 1.54) is 24.1 Å². The minimum Gasteiger partial charge on any atom is -0.440 e. The van der Waals surface area contributed by atoms with Crippen molar-refractivity contribution in [2.45, 2.75) is 27.3 Å². The van der Waals surface area contributed by atoms with Gasteiger partial charge in [-0.3, -0.25) is 9.59 Å². The number of Topliss-reactive ketones (excluding diaryl/α,β-unsaturated/α-hetero) is 1. The van der Waals surface area contributed by atoms with E-state index in [4.69, 9.17) is 8.83 Å². The van der Waals surface area contributed by atoms with Crippen LogP contribution in [0.2, 0.25) is 0 Å². The van der Waals surface area contributed by atoms with Gasteiger partial charge in [0.05, 0.1) is 12.4 Å². The predicted molar refractivity (Wildman–Crippen MR) is 105 cm³/mol. The first-order chi connectivity index (χ1) is 14.4. The number of nitrogens with zero attached hydrogens (tertiary/aromatic N) is 5. The summed E-state index contributed by atoms with van der Waals surface area (Å²) >= 11 is 0. The summed E-state index contributed by atoms with van der Waals surface area (Å²) in [5.41, 5.74) is 1.96. The minimum atomic E-state index is -0.464. The molecular formula is C20H18N6O4. The number of oxazole rings is 2. The van der Waals surface area contributed by atoms with Crippen LogP contribution in [0.3, 0.4) is 0 Å². The van der Waals surface area contributed by atoms with Crippen LogP contribution < -0.4 is 5.32 Å². The molecule has 4 rings (SSSR count). The van der Waals surface area contributed by atoms with Crippen LogP contribution in [-0.4, -0.2) is 36.7 Å². The molecule has 0 atom stereocenters. The first kappa shape index (κ1) is 19.2. The van der Waals surface area contributed by atoms with Crippen molar-refractivity contribution in [2.75, 3.05) is 5.32 Å². The molecule has 0 aliphatic heterocycles. The molecule has 0 unspecified atom stereocenters. The average molecular weight is 406 g/mol. The number of aryl methyl sites for hydroxylation is 2. The third-order valence-corrected chi connectivity index (χ3v) is 4.16. The van der Waals surface area contributed by atoms with Gasteiger partial charge in [0.2, 0.25) is 5.78 Å². The Labute approximate surface area is 170 Å². The van der Waals surface area contributed by atoms with Gasteiger partial charge in [-0.15, -0.1) is 5.10 Å². The molecule has 0 radical (unpaired) electrons. The number of hydrogen-bond donors (Lipinski definition) is 1. The molecule has 4 aromatic rings. The summed E-state index contributed by atoms with van der Waals surface area (Å²) < 4.78 is 11.0. The van der Waals surface area contributed by atoms with E-state index in [0.29, 0.717) is 17.4 Å². The number of ketones is 1. The van der Waals surface area contributed by atoms with E-state index < -0.39 is 5.91 Å². The van der Waals surface area contributed by atoms with E-state index in [-0.39, 0.29) is 29.7 Å². The van der Waals surface area contributed by atoms with E-state index in [1.807, 2.05) is 31.2 Å². The van der Waals surface area contributed by atoms with Crippen molar-refractivity contribution in [2.24, 2.45) is 0 Å². The third-order valence-electron chi connectivity index (χ3n) is 4.16. The largest absolute Gasteiger partial charge is 0.440 e. The highest BCUT2D eigenvalue weighted by atomic mass is 16.4. The fourth-order valence-electron chi connectivity index (χ4n) is 2.85. The second kappa shape index (κ2) is 7.74. The molecule has 0 bridgehead atoms. The third kappa shape index (κ3) is 4.02. The average Bonchev–Trinajstić information content (AvgIpc) is 3.42. The number of anilines is 1. The lowest BCUT2D eigenvalue weighted by atomic mass is 10.1. The van der Waals surface area contributed by atoms with E-state index in [9.17, 15) is 9.59 Å². The van der Waals surface area contributed by atoms with Crippen molar-refractivity contribution in [3.8, 4) is 11.3 Å². The molecule has 10 heteroatoms. The van der Waals surface area contributed by atoms with Gasteiger partial charge in [0, 0.05) is 19.4 Å². The van der Waals surface area contributed by atoms with Crippen molar-refractivity contribution in [3.63, 3.8) is 0 Å². The molecule has 3 heterocycles. The Morgan fingerprint density at radius 2 is 2.00 bits per heavy atom. The van der Waals surface area contributed by atoms with Crippen molar-refractivity contribution in [3.05, 3.63) is 65.5 Å². The fraction of sp³-hybridized carbons (Fsp3) is 0.200. The molecule has 152 valence electrons. The summed E-state index contributed by atoms with van der Waals surface area (Å²) in [6, 6.07) is 7.61. The number of carbonyl (C=O) groups excluding carboxylic acids is 2. The number of amides is 1. The molecule has 0 aliphatic carbocycles. The van der Waals surface area contributed by atoms with E-state index in [1.54, 1.807) is 6.92 Å². The first-order valence-electron chi connectivity index (χ1n) is 9.10. The molecule has 10 nitrogen and oxygen atoms in total. The number of nitrogens with one attached hydrogen (secondary N) is 1. The first-order valence-corrected chi connectivity index (χ1v) is 9.10. The molecular weight excluding hydrogens is 388 g/mol. The van der Waals surface area contributed by atoms with Crippen LogP contribution in [0.4, 0.5) is 5.82 Å². The minimum absolute atomic E-state index is 0.0239. The van der Waals surface area contributed by atoms with Gasteiger partial charge < -0.3 is 14.2 Å². The number of benzene rings is 1. The number of aromatic nitrogens is 5. The van der Waals surface area contributed by atoms with Crippen LogP contribution in [-0.2, 0) is 6.54 Å². The summed E-state index contributed by atoms with van der Waals surface area (Å²) in [6.07, 6.45) is 2.84. The summed E-state index contributed by atoms with van der Waals surface area (Å²) in [6.45, 7) is 5.16. The van der Waals surface area contributed by atoms with Crippen LogP contribution >= 0.6 is 0 Å². The van der Waals surface area contributed by atoms with Crippen LogP contribution in [0, 0.1) is 13.8 Å². The quantitative estimate of drug-likeness (QED) is 0.484. The van der Waals surface area contributed by atoms with Crippen molar-refractivity contribution in [1.29, 1.82) is 0 Å². The lowest BCUT2D eigenvalue weighted by Gasteiger charge is -2.02. The normalized spacial score (nSPS) is 10.9.